The highest BCUT2D eigenvalue weighted by molar-refractivity contribution is 5.77. The molecule has 2 aliphatic heterocycles. The molecule has 2 fully saturated rings. The van der Waals surface area contributed by atoms with Crippen molar-refractivity contribution in [3.63, 3.8) is 0 Å². The van der Waals surface area contributed by atoms with Crippen molar-refractivity contribution in [3.05, 3.63) is 24.3 Å². The Balaban J connectivity index is 1.37. The molecule has 0 spiro atoms. The van der Waals surface area contributed by atoms with Crippen molar-refractivity contribution in [3.8, 4) is 5.75 Å². The lowest BCUT2D eigenvalue weighted by molar-refractivity contribution is -0.898. The van der Waals surface area contributed by atoms with Crippen LogP contribution in [0.5, 0.6) is 5.75 Å². The van der Waals surface area contributed by atoms with Crippen LogP contribution in [0.4, 0.5) is 5.69 Å². The van der Waals surface area contributed by atoms with Gasteiger partial charge in [0.2, 0.25) is 0 Å². The molecule has 2 amide bonds. The van der Waals surface area contributed by atoms with Gasteiger partial charge >= 0.3 is 0 Å². The number of nitrogens with one attached hydrogen (secondary N) is 3. The summed E-state index contributed by atoms with van der Waals surface area (Å²) in [6.45, 7) is 12.1. The molecule has 3 rings (SSSR count). The Morgan fingerprint density at radius 3 is 2.10 bits per heavy atom. The number of piperazine rings is 2. The summed E-state index contributed by atoms with van der Waals surface area (Å²) in [6, 6.07) is 8.35. The predicted octanol–water partition coefficient (Wildman–Crippen LogP) is -2.35. The predicted molar refractivity (Wildman–Crippen MR) is 116 cm³/mol. The van der Waals surface area contributed by atoms with Gasteiger partial charge in [-0.25, -0.2) is 0 Å². The summed E-state index contributed by atoms with van der Waals surface area (Å²) in [7, 11) is 1.68. The zero-order valence-corrected chi connectivity index (χ0v) is 18.6. The largest absolute Gasteiger partial charge is 0.497 e. The number of anilines is 1. The van der Waals surface area contributed by atoms with Gasteiger partial charge in [-0.3, -0.25) is 9.59 Å². The van der Waals surface area contributed by atoms with Crippen molar-refractivity contribution < 1.29 is 24.1 Å². The smallest absolute Gasteiger partial charge is 0.278 e. The maximum Gasteiger partial charge on any atom is 0.278 e. The van der Waals surface area contributed by atoms with E-state index in [0.717, 1.165) is 58.1 Å². The maximum absolute atomic E-state index is 12.8. The zero-order chi connectivity index (χ0) is 21.5. The van der Waals surface area contributed by atoms with Crippen LogP contribution in [0, 0.1) is 0 Å². The first-order valence-electron chi connectivity index (χ1n) is 11.1. The lowest BCUT2D eigenvalue weighted by atomic mass is 10.2. The van der Waals surface area contributed by atoms with Crippen LogP contribution in [-0.4, -0.2) is 95.3 Å². The minimum Gasteiger partial charge on any atom is -0.497 e. The molecular weight excluding hydrogens is 382 g/mol. The summed E-state index contributed by atoms with van der Waals surface area (Å²) in [5, 5.41) is 2.95. The molecule has 2 heterocycles. The van der Waals surface area contributed by atoms with Gasteiger partial charge in [0.05, 0.1) is 59.5 Å². The number of carbonyl (C=O) groups is 2. The molecule has 8 heteroatoms. The number of rotatable bonds is 7. The summed E-state index contributed by atoms with van der Waals surface area (Å²) >= 11 is 0. The van der Waals surface area contributed by atoms with Gasteiger partial charge in [-0.2, -0.15) is 0 Å². The molecule has 1 aromatic carbocycles. The first-order valence-corrected chi connectivity index (χ1v) is 11.1. The van der Waals surface area contributed by atoms with Gasteiger partial charge in [0.1, 0.15) is 5.75 Å². The van der Waals surface area contributed by atoms with Crippen molar-refractivity contribution in [2.45, 2.75) is 19.9 Å². The van der Waals surface area contributed by atoms with E-state index in [2.05, 4.69) is 22.3 Å². The molecular formula is C22H37N5O3+2. The fourth-order valence-corrected chi connectivity index (χ4v) is 4.23. The molecule has 0 bridgehead atoms. The minimum atomic E-state index is 0.0963. The lowest BCUT2D eigenvalue weighted by Crippen LogP contribution is -3.17. The Hall–Kier alpha value is -2.32. The van der Waals surface area contributed by atoms with E-state index in [9.17, 15) is 9.59 Å². The van der Waals surface area contributed by atoms with Gasteiger partial charge in [0.15, 0.2) is 13.1 Å². The first-order chi connectivity index (χ1) is 14.4. The van der Waals surface area contributed by atoms with Crippen LogP contribution in [0.1, 0.15) is 13.8 Å². The Labute approximate surface area is 179 Å². The van der Waals surface area contributed by atoms with E-state index in [1.54, 1.807) is 7.11 Å². The molecule has 0 atom stereocenters. The standard InChI is InChI=1S/C22H35N5O3/c1-18(2)23-21(28)16-24-10-14-27(15-11-24)22(29)17-25-8-12-26(13-9-25)19-4-6-20(30-3)7-5-19/h4-7,18H,8-17H2,1-3H3,(H,23,28)/p+2. The highest BCUT2D eigenvalue weighted by Crippen LogP contribution is 2.18. The molecule has 0 saturated carbocycles. The number of nitrogens with zero attached hydrogens (tertiary/aromatic N) is 2. The van der Waals surface area contributed by atoms with E-state index < -0.39 is 0 Å². The summed E-state index contributed by atoms with van der Waals surface area (Å²) in [5.41, 5.74) is 1.21. The number of carbonyl (C=O) groups excluding carboxylic acids is 2. The third-order valence-electron chi connectivity index (χ3n) is 5.99. The summed E-state index contributed by atoms with van der Waals surface area (Å²) < 4.78 is 5.23. The number of hydrogen-bond donors (Lipinski definition) is 3. The van der Waals surface area contributed by atoms with Crippen LogP contribution in [0.25, 0.3) is 0 Å². The van der Waals surface area contributed by atoms with Crippen molar-refractivity contribution >= 4 is 17.5 Å². The number of benzene rings is 1. The SMILES string of the molecule is COc1ccc(N2CC[NH+](CC(=O)N3CC[NH+](CC(=O)NC(C)C)CC3)CC2)cc1. The molecule has 0 radical (unpaired) electrons. The van der Waals surface area contributed by atoms with Crippen LogP contribution in [0.3, 0.4) is 0 Å². The quantitative estimate of drug-likeness (QED) is 0.463. The molecule has 1 aromatic rings. The van der Waals surface area contributed by atoms with Gasteiger partial charge in [-0.1, -0.05) is 0 Å². The molecule has 30 heavy (non-hydrogen) atoms. The Kier molecular flexibility index (Phi) is 7.93. The average Bonchev–Trinajstić information content (AvgIpc) is 2.74. The van der Waals surface area contributed by atoms with Crippen molar-refractivity contribution in [2.75, 3.05) is 77.5 Å². The Bertz CT molecular complexity index is 693. The molecule has 0 unspecified atom stereocenters. The topological polar surface area (TPSA) is 70.8 Å². The fourth-order valence-electron chi connectivity index (χ4n) is 4.23. The summed E-state index contributed by atoms with van der Waals surface area (Å²) in [6.07, 6.45) is 0. The Morgan fingerprint density at radius 1 is 0.967 bits per heavy atom. The number of ether oxygens (including phenoxy) is 1. The number of hydrogen-bond acceptors (Lipinski definition) is 4. The van der Waals surface area contributed by atoms with E-state index in [1.807, 2.05) is 30.9 Å². The van der Waals surface area contributed by atoms with Crippen LogP contribution in [0.2, 0.25) is 0 Å². The molecule has 2 aliphatic rings. The van der Waals surface area contributed by atoms with Gasteiger partial charge in [0.25, 0.3) is 11.8 Å². The van der Waals surface area contributed by atoms with Crippen LogP contribution in [-0.2, 0) is 9.59 Å². The first kappa shape index (κ1) is 22.4. The number of amides is 2. The zero-order valence-electron chi connectivity index (χ0n) is 18.6. The minimum absolute atomic E-state index is 0.0963. The second-order valence-corrected chi connectivity index (χ2v) is 8.64. The molecule has 2 saturated heterocycles. The molecule has 3 N–H and O–H groups in total. The van der Waals surface area contributed by atoms with Crippen molar-refractivity contribution in [1.29, 1.82) is 0 Å². The monoisotopic (exact) mass is 419 g/mol. The normalized spacial score (nSPS) is 18.5. The number of methoxy groups -OCH3 is 1. The second-order valence-electron chi connectivity index (χ2n) is 8.64. The molecule has 8 nitrogen and oxygen atoms in total. The highest BCUT2D eigenvalue weighted by atomic mass is 16.5. The summed E-state index contributed by atoms with van der Waals surface area (Å²) in [4.78, 5) is 31.7. The van der Waals surface area contributed by atoms with E-state index in [-0.39, 0.29) is 17.9 Å². The third kappa shape index (κ3) is 6.34. The highest BCUT2D eigenvalue weighted by Gasteiger charge is 2.29. The van der Waals surface area contributed by atoms with E-state index in [4.69, 9.17) is 4.74 Å². The molecule has 0 aromatic heterocycles. The molecule has 0 aliphatic carbocycles. The van der Waals surface area contributed by atoms with E-state index >= 15 is 0 Å². The van der Waals surface area contributed by atoms with Crippen LogP contribution < -0.4 is 24.8 Å². The van der Waals surface area contributed by atoms with Gasteiger partial charge in [-0.05, 0) is 38.1 Å². The second kappa shape index (κ2) is 10.6. The number of quaternary nitrogens is 2. The van der Waals surface area contributed by atoms with Crippen LogP contribution in [0.15, 0.2) is 24.3 Å². The third-order valence-corrected chi connectivity index (χ3v) is 5.99. The summed E-state index contributed by atoms with van der Waals surface area (Å²) in [5.74, 6) is 1.21. The lowest BCUT2D eigenvalue weighted by Gasteiger charge is -2.35. The van der Waals surface area contributed by atoms with E-state index in [1.165, 1.54) is 15.5 Å². The van der Waals surface area contributed by atoms with Crippen molar-refractivity contribution in [2.24, 2.45) is 0 Å². The fraction of sp³-hybridized carbons (Fsp3) is 0.636. The molecule has 166 valence electrons. The van der Waals surface area contributed by atoms with Gasteiger partial charge < -0.3 is 29.7 Å². The van der Waals surface area contributed by atoms with Crippen molar-refractivity contribution in [1.82, 2.24) is 10.2 Å². The average molecular weight is 420 g/mol. The van der Waals surface area contributed by atoms with Crippen LogP contribution >= 0.6 is 0 Å². The van der Waals surface area contributed by atoms with Gasteiger partial charge in [0, 0.05) is 11.7 Å². The Morgan fingerprint density at radius 2 is 1.53 bits per heavy atom. The van der Waals surface area contributed by atoms with E-state index in [0.29, 0.717) is 13.1 Å². The maximum atomic E-state index is 12.8. The van der Waals surface area contributed by atoms with Gasteiger partial charge in [-0.15, -0.1) is 0 Å².